The van der Waals surface area contributed by atoms with Crippen molar-refractivity contribution in [2.24, 2.45) is 0 Å². The first-order valence-electron chi connectivity index (χ1n) is 7.93. The van der Waals surface area contributed by atoms with Gasteiger partial charge in [0.25, 0.3) is 0 Å². The number of anilines is 1. The summed E-state index contributed by atoms with van der Waals surface area (Å²) in [6.45, 7) is 11.2. The van der Waals surface area contributed by atoms with Crippen LogP contribution in [0.3, 0.4) is 0 Å². The van der Waals surface area contributed by atoms with Crippen LogP contribution in [0.2, 0.25) is 0 Å². The van der Waals surface area contributed by atoms with Gasteiger partial charge >= 0.3 is 0 Å². The summed E-state index contributed by atoms with van der Waals surface area (Å²) in [6.07, 6.45) is 0. The predicted molar refractivity (Wildman–Crippen MR) is 91.1 cm³/mol. The highest BCUT2D eigenvalue weighted by Gasteiger charge is 2.01. The highest BCUT2D eigenvalue weighted by atomic mass is 16.5. The smallest absolute Gasteiger partial charge is 0.0589 e. The molecule has 0 spiro atoms. The first-order chi connectivity index (χ1) is 10.2. The summed E-state index contributed by atoms with van der Waals surface area (Å²) < 4.78 is 5.07. The van der Waals surface area contributed by atoms with E-state index in [0.717, 1.165) is 45.9 Å². The predicted octanol–water partition coefficient (Wildman–Crippen LogP) is 2.20. The van der Waals surface area contributed by atoms with Gasteiger partial charge in [-0.15, -0.1) is 0 Å². The summed E-state index contributed by atoms with van der Waals surface area (Å²) in [5, 5.41) is 3.49. The zero-order valence-corrected chi connectivity index (χ0v) is 14.1. The Bertz CT molecular complexity index is 363. The van der Waals surface area contributed by atoms with Gasteiger partial charge in [0.05, 0.1) is 6.61 Å². The molecule has 1 rings (SSSR count). The van der Waals surface area contributed by atoms with E-state index in [9.17, 15) is 0 Å². The average molecular weight is 293 g/mol. The standard InChI is InChI=1S/C17H31N3O/c1-5-20(6-2)17-9-7-16(8-10-17)15-18-11-12-19(3)13-14-21-4/h7-10,18H,5-6,11-15H2,1-4H3. The quantitative estimate of drug-likeness (QED) is 0.633. The van der Waals surface area contributed by atoms with E-state index in [4.69, 9.17) is 4.74 Å². The lowest BCUT2D eigenvalue weighted by Gasteiger charge is -2.21. The van der Waals surface area contributed by atoms with Gasteiger partial charge in [0.2, 0.25) is 0 Å². The molecule has 0 aliphatic carbocycles. The van der Waals surface area contributed by atoms with Crippen molar-refractivity contribution < 1.29 is 4.74 Å². The van der Waals surface area contributed by atoms with Gasteiger partial charge in [-0.3, -0.25) is 0 Å². The molecule has 0 saturated carbocycles. The maximum absolute atomic E-state index is 5.07. The van der Waals surface area contributed by atoms with E-state index < -0.39 is 0 Å². The van der Waals surface area contributed by atoms with Crippen LogP contribution in [0, 0.1) is 0 Å². The fourth-order valence-electron chi connectivity index (χ4n) is 2.27. The molecule has 0 amide bonds. The van der Waals surface area contributed by atoms with Crippen molar-refractivity contribution in [1.82, 2.24) is 10.2 Å². The molecule has 4 nitrogen and oxygen atoms in total. The molecule has 0 heterocycles. The molecule has 21 heavy (non-hydrogen) atoms. The van der Waals surface area contributed by atoms with Gasteiger partial charge in [0.15, 0.2) is 0 Å². The maximum atomic E-state index is 5.07. The van der Waals surface area contributed by atoms with Gasteiger partial charge in [-0.25, -0.2) is 0 Å². The summed E-state index contributed by atoms with van der Waals surface area (Å²) in [4.78, 5) is 4.64. The second kappa shape index (κ2) is 10.6. The van der Waals surface area contributed by atoms with Gasteiger partial charge in [-0.1, -0.05) is 12.1 Å². The molecule has 0 radical (unpaired) electrons. The van der Waals surface area contributed by atoms with E-state index in [0.29, 0.717) is 0 Å². The number of rotatable bonds is 11. The Kier molecular flexibility index (Phi) is 9.06. The first kappa shape index (κ1) is 18.0. The molecule has 120 valence electrons. The van der Waals surface area contributed by atoms with Crippen LogP contribution < -0.4 is 10.2 Å². The molecule has 1 N–H and O–H groups in total. The van der Waals surface area contributed by atoms with E-state index >= 15 is 0 Å². The van der Waals surface area contributed by atoms with Crippen LogP contribution in [0.5, 0.6) is 0 Å². The molecule has 0 atom stereocenters. The van der Waals surface area contributed by atoms with Crippen molar-refractivity contribution >= 4 is 5.69 Å². The minimum absolute atomic E-state index is 0.795. The topological polar surface area (TPSA) is 27.7 Å². The zero-order chi connectivity index (χ0) is 15.5. The second-order valence-corrected chi connectivity index (χ2v) is 5.31. The van der Waals surface area contributed by atoms with E-state index in [2.05, 4.69) is 60.3 Å². The number of methoxy groups -OCH3 is 1. The summed E-state index contributed by atoms with van der Waals surface area (Å²) in [5.41, 5.74) is 2.65. The number of hydrogen-bond donors (Lipinski definition) is 1. The molecule has 0 aliphatic heterocycles. The molecule has 1 aromatic rings. The van der Waals surface area contributed by atoms with E-state index in [1.807, 2.05) is 0 Å². The SMILES string of the molecule is CCN(CC)c1ccc(CNCCN(C)CCOC)cc1. The molecule has 0 fully saturated rings. The van der Waals surface area contributed by atoms with Gasteiger partial charge < -0.3 is 19.9 Å². The van der Waals surface area contributed by atoms with Crippen molar-refractivity contribution in [2.45, 2.75) is 20.4 Å². The van der Waals surface area contributed by atoms with E-state index in [-0.39, 0.29) is 0 Å². The Labute approximate surface area is 130 Å². The number of ether oxygens (including phenoxy) is 1. The highest BCUT2D eigenvalue weighted by Crippen LogP contribution is 2.14. The fourth-order valence-corrected chi connectivity index (χ4v) is 2.27. The summed E-state index contributed by atoms with van der Waals surface area (Å²) in [7, 11) is 3.87. The van der Waals surface area contributed by atoms with Crippen molar-refractivity contribution in [3.05, 3.63) is 29.8 Å². The molecular weight excluding hydrogens is 262 g/mol. The Balaban J connectivity index is 2.26. The van der Waals surface area contributed by atoms with Crippen LogP contribution in [-0.2, 0) is 11.3 Å². The molecule has 4 heteroatoms. The van der Waals surface area contributed by atoms with Crippen LogP contribution in [0.25, 0.3) is 0 Å². The third-order valence-electron chi connectivity index (χ3n) is 3.74. The van der Waals surface area contributed by atoms with Crippen LogP contribution >= 0.6 is 0 Å². The van der Waals surface area contributed by atoms with Gasteiger partial charge in [-0.05, 0) is 38.6 Å². The Hall–Kier alpha value is -1.10. The van der Waals surface area contributed by atoms with Gasteiger partial charge in [0, 0.05) is 52.1 Å². The van der Waals surface area contributed by atoms with Gasteiger partial charge in [0.1, 0.15) is 0 Å². The van der Waals surface area contributed by atoms with Crippen molar-refractivity contribution in [3.8, 4) is 0 Å². The van der Waals surface area contributed by atoms with Gasteiger partial charge in [-0.2, -0.15) is 0 Å². The number of hydrogen-bond acceptors (Lipinski definition) is 4. The van der Waals surface area contributed by atoms with Crippen LogP contribution in [0.1, 0.15) is 19.4 Å². The summed E-state index contributed by atoms with van der Waals surface area (Å²) in [5.74, 6) is 0. The zero-order valence-electron chi connectivity index (χ0n) is 14.1. The number of likely N-dealkylation sites (N-methyl/N-ethyl adjacent to an activating group) is 1. The van der Waals surface area contributed by atoms with Crippen LogP contribution in [0.15, 0.2) is 24.3 Å². The lowest BCUT2D eigenvalue weighted by Crippen LogP contribution is -2.31. The van der Waals surface area contributed by atoms with Crippen molar-refractivity contribution in [2.75, 3.05) is 58.4 Å². The molecule has 0 saturated heterocycles. The monoisotopic (exact) mass is 293 g/mol. The average Bonchev–Trinajstić information content (AvgIpc) is 2.52. The summed E-state index contributed by atoms with van der Waals surface area (Å²) in [6, 6.07) is 8.87. The van der Waals surface area contributed by atoms with Crippen molar-refractivity contribution in [1.29, 1.82) is 0 Å². The third-order valence-corrected chi connectivity index (χ3v) is 3.74. The molecule has 0 unspecified atom stereocenters. The Morgan fingerprint density at radius 2 is 1.71 bits per heavy atom. The normalized spacial score (nSPS) is 11.1. The maximum Gasteiger partial charge on any atom is 0.0589 e. The molecule has 0 aliphatic rings. The molecule has 1 aromatic carbocycles. The van der Waals surface area contributed by atoms with Crippen LogP contribution in [0.4, 0.5) is 5.69 Å². The summed E-state index contributed by atoms with van der Waals surface area (Å²) >= 11 is 0. The van der Waals surface area contributed by atoms with E-state index in [1.165, 1.54) is 11.3 Å². The number of nitrogens with zero attached hydrogens (tertiary/aromatic N) is 2. The Morgan fingerprint density at radius 1 is 1.05 bits per heavy atom. The largest absolute Gasteiger partial charge is 0.383 e. The third kappa shape index (κ3) is 6.93. The lowest BCUT2D eigenvalue weighted by atomic mass is 10.2. The minimum Gasteiger partial charge on any atom is -0.383 e. The fraction of sp³-hybridized carbons (Fsp3) is 0.647. The molecular formula is C17H31N3O. The van der Waals surface area contributed by atoms with E-state index in [1.54, 1.807) is 7.11 Å². The van der Waals surface area contributed by atoms with Crippen molar-refractivity contribution in [3.63, 3.8) is 0 Å². The lowest BCUT2D eigenvalue weighted by molar-refractivity contribution is 0.161. The first-order valence-corrected chi connectivity index (χ1v) is 7.93. The van der Waals surface area contributed by atoms with Crippen LogP contribution in [-0.4, -0.2) is 58.4 Å². The minimum atomic E-state index is 0.795. The second-order valence-electron chi connectivity index (χ2n) is 5.31. The number of nitrogens with one attached hydrogen (secondary N) is 1. The molecule has 0 bridgehead atoms. The molecule has 0 aromatic heterocycles. The Morgan fingerprint density at radius 3 is 2.29 bits per heavy atom. The highest BCUT2D eigenvalue weighted by molar-refractivity contribution is 5.47. The number of benzene rings is 1.